The molecule has 0 aromatic rings. The van der Waals surface area contributed by atoms with Crippen LogP contribution in [0, 0.1) is 0 Å². The number of esters is 3. The van der Waals surface area contributed by atoms with Gasteiger partial charge in [-0.1, -0.05) is 249 Å². The second-order valence-corrected chi connectivity index (χ2v) is 19.6. The van der Waals surface area contributed by atoms with Gasteiger partial charge in [0.15, 0.2) is 6.10 Å². The number of hydrogen-bond acceptors (Lipinski definition) is 6. The van der Waals surface area contributed by atoms with Gasteiger partial charge in [-0.2, -0.15) is 0 Å². The highest BCUT2D eigenvalue weighted by atomic mass is 16.6. The van der Waals surface area contributed by atoms with Gasteiger partial charge in [0.2, 0.25) is 0 Å². The minimum Gasteiger partial charge on any atom is -0.462 e. The molecule has 0 aliphatic carbocycles. The molecule has 0 heterocycles. The van der Waals surface area contributed by atoms with Crippen molar-refractivity contribution < 1.29 is 28.6 Å². The Morgan fingerprint density at radius 1 is 0.299 bits per heavy atom. The minimum absolute atomic E-state index is 0.0880. The maximum atomic E-state index is 12.8. The Morgan fingerprint density at radius 3 is 0.910 bits per heavy atom. The highest BCUT2D eigenvalue weighted by molar-refractivity contribution is 5.71. The van der Waals surface area contributed by atoms with Gasteiger partial charge in [0, 0.05) is 19.3 Å². The van der Waals surface area contributed by atoms with Crippen molar-refractivity contribution in [3.8, 4) is 0 Å². The molecule has 6 heteroatoms. The average Bonchev–Trinajstić information content (AvgIpc) is 3.33. The lowest BCUT2D eigenvalue weighted by atomic mass is 10.0. The van der Waals surface area contributed by atoms with Crippen molar-refractivity contribution >= 4 is 17.9 Å². The monoisotopic (exact) mass is 939 g/mol. The summed E-state index contributed by atoms with van der Waals surface area (Å²) >= 11 is 0. The van der Waals surface area contributed by atoms with Crippen molar-refractivity contribution in [3.63, 3.8) is 0 Å². The zero-order valence-electron chi connectivity index (χ0n) is 44.7. The zero-order chi connectivity index (χ0) is 48.6. The molecular formula is C61H110O6. The lowest BCUT2D eigenvalue weighted by molar-refractivity contribution is -0.167. The molecule has 0 aromatic heterocycles. The van der Waals surface area contributed by atoms with Crippen molar-refractivity contribution in [1.29, 1.82) is 0 Å². The van der Waals surface area contributed by atoms with Gasteiger partial charge in [0.05, 0.1) is 0 Å². The molecule has 0 amide bonds. The summed E-state index contributed by atoms with van der Waals surface area (Å²) in [6, 6.07) is 0. The maximum absolute atomic E-state index is 12.8. The number of carbonyl (C=O) groups excluding carboxylic acids is 3. The molecule has 390 valence electrons. The van der Waals surface area contributed by atoms with Gasteiger partial charge in [0.1, 0.15) is 13.2 Å². The van der Waals surface area contributed by atoms with Crippen molar-refractivity contribution in [3.05, 3.63) is 48.6 Å². The zero-order valence-corrected chi connectivity index (χ0v) is 44.7. The van der Waals surface area contributed by atoms with Gasteiger partial charge in [-0.25, -0.2) is 0 Å². The van der Waals surface area contributed by atoms with Gasteiger partial charge < -0.3 is 14.2 Å². The second-order valence-electron chi connectivity index (χ2n) is 19.6. The molecule has 0 N–H and O–H groups in total. The largest absolute Gasteiger partial charge is 0.462 e. The third-order valence-electron chi connectivity index (χ3n) is 12.8. The molecule has 0 rings (SSSR count). The third-order valence-corrected chi connectivity index (χ3v) is 12.8. The molecule has 0 saturated heterocycles. The van der Waals surface area contributed by atoms with Crippen LogP contribution >= 0.6 is 0 Å². The normalized spacial score (nSPS) is 12.3. The molecule has 6 nitrogen and oxygen atoms in total. The van der Waals surface area contributed by atoms with Crippen molar-refractivity contribution in [2.24, 2.45) is 0 Å². The van der Waals surface area contributed by atoms with Gasteiger partial charge in [-0.15, -0.1) is 0 Å². The van der Waals surface area contributed by atoms with Crippen LogP contribution in [0.1, 0.15) is 303 Å². The molecule has 0 bridgehead atoms. The molecular weight excluding hydrogens is 829 g/mol. The Morgan fingerprint density at radius 2 is 0.537 bits per heavy atom. The van der Waals surface area contributed by atoms with Crippen LogP contribution < -0.4 is 0 Å². The molecule has 0 radical (unpaired) electrons. The van der Waals surface area contributed by atoms with Crippen LogP contribution in [0.3, 0.4) is 0 Å². The highest BCUT2D eigenvalue weighted by Gasteiger charge is 2.19. The number of unbranched alkanes of at least 4 members (excludes halogenated alkanes) is 34. The van der Waals surface area contributed by atoms with E-state index in [1.807, 2.05) is 0 Å². The van der Waals surface area contributed by atoms with Crippen LogP contribution in [0.4, 0.5) is 0 Å². The third kappa shape index (κ3) is 54.2. The SMILES string of the molecule is CCCCC/C=C\C/C=C\C/C=C\CCCCC(=O)O[C@H](COC(=O)CCCCCCC/C=C\CCCCCCCC)COC(=O)CCCCCCCCCCCCCCCCCCCCC. The second kappa shape index (κ2) is 56.0. The van der Waals surface area contributed by atoms with Crippen LogP contribution in [0.25, 0.3) is 0 Å². The molecule has 0 aromatic carbocycles. The molecule has 67 heavy (non-hydrogen) atoms. The predicted molar refractivity (Wildman–Crippen MR) is 289 cm³/mol. The summed E-state index contributed by atoms with van der Waals surface area (Å²) < 4.78 is 16.8. The first kappa shape index (κ1) is 64.4. The van der Waals surface area contributed by atoms with E-state index in [0.717, 1.165) is 70.6 Å². The molecule has 0 aliphatic rings. The van der Waals surface area contributed by atoms with E-state index >= 15 is 0 Å². The summed E-state index contributed by atoms with van der Waals surface area (Å²) in [6.07, 6.45) is 68.2. The first-order valence-corrected chi connectivity index (χ1v) is 29.1. The van der Waals surface area contributed by atoms with Gasteiger partial charge >= 0.3 is 17.9 Å². The Bertz CT molecular complexity index is 1170. The topological polar surface area (TPSA) is 78.9 Å². The maximum Gasteiger partial charge on any atom is 0.306 e. The Hall–Kier alpha value is -2.63. The quantitative estimate of drug-likeness (QED) is 0.0262. The number of carbonyl (C=O) groups is 3. The summed E-state index contributed by atoms with van der Waals surface area (Å²) in [6.45, 7) is 6.60. The van der Waals surface area contributed by atoms with E-state index in [4.69, 9.17) is 14.2 Å². The summed E-state index contributed by atoms with van der Waals surface area (Å²) in [5.41, 5.74) is 0. The standard InChI is InChI=1S/C61H110O6/c1-4-7-10-13-16-19-22-25-28-29-30-31-34-36-39-42-45-48-51-54-60(63)66-57-58(67-61(64)55-52-49-46-43-40-37-33-27-24-21-18-15-12-9-6-3)56-65-59(62)53-50-47-44-41-38-35-32-26-23-20-17-14-11-8-5-2/h18,21,26-27,32-33,40,43,58H,4-17,19-20,22-25,28-31,34-39,41-42,44-57H2,1-3H3/b21-18-,32-26-,33-27-,43-40-/t58-/m1/s1. The molecule has 1 atom stereocenters. The van der Waals surface area contributed by atoms with Crippen molar-refractivity contribution in [1.82, 2.24) is 0 Å². The number of ether oxygens (including phenoxy) is 3. The minimum atomic E-state index is -0.794. The lowest BCUT2D eigenvalue weighted by Crippen LogP contribution is -2.30. The van der Waals surface area contributed by atoms with Crippen molar-refractivity contribution in [2.75, 3.05) is 13.2 Å². The summed E-state index contributed by atoms with van der Waals surface area (Å²) in [5.74, 6) is -0.921. The molecule has 0 unspecified atom stereocenters. The van der Waals surface area contributed by atoms with Gasteiger partial charge in [-0.05, 0) is 83.5 Å². The Balaban J connectivity index is 4.38. The van der Waals surface area contributed by atoms with E-state index in [9.17, 15) is 14.4 Å². The van der Waals surface area contributed by atoms with E-state index in [0.29, 0.717) is 19.3 Å². The van der Waals surface area contributed by atoms with Gasteiger partial charge in [-0.3, -0.25) is 14.4 Å². The molecule has 0 saturated carbocycles. The fourth-order valence-electron chi connectivity index (χ4n) is 8.39. The number of rotatable bonds is 53. The predicted octanol–water partition coefficient (Wildman–Crippen LogP) is 19.4. The van der Waals surface area contributed by atoms with E-state index in [1.165, 1.54) is 186 Å². The fourth-order valence-corrected chi connectivity index (χ4v) is 8.39. The van der Waals surface area contributed by atoms with E-state index in [2.05, 4.69) is 69.4 Å². The molecule has 0 aliphatic heterocycles. The van der Waals surface area contributed by atoms with E-state index < -0.39 is 6.10 Å². The van der Waals surface area contributed by atoms with E-state index in [-0.39, 0.29) is 37.5 Å². The van der Waals surface area contributed by atoms with Crippen molar-refractivity contribution in [2.45, 2.75) is 309 Å². The first-order valence-electron chi connectivity index (χ1n) is 29.1. The molecule has 0 fully saturated rings. The first-order chi connectivity index (χ1) is 33.0. The Labute approximate surface area is 416 Å². The van der Waals surface area contributed by atoms with Crippen LogP contribution in [-0.4, -0.2) is 37.2 Å². The van der Waals surface area contributed by atoms with Crippen LogP contribution in [0.5, 0.6) is 0 Å². The summed E-state index contributed by atoms with van der Waals surface area (Å²) in [5, 5.41) is 0. The van der Waals surface area contributed by atoms with E-state index in [1.54, 1.807) is 0 Å². The van der Waals surface area contributed by atoms with Crippen LogP contribution in [-0.2, 0) is 28.6 Å². The number of hydrogen-bond donors (Lipinski definition) is 0. The summed E-state index contributed by atoms with van der Waals surface area (Å²) in [7, 11) is 0. The number of allylic oxidation sites excluding steroid dienone is 8. The lowest BCUT2D eigenvalue weighted by Gasteiger charge is -2.18. The average molecular weight is 940 g/mol. The fraction of sp³-hybridized carbons (Fsp3) is 0.820. The van der Waals surface area contributed by atoms with Crippen LogP contribution in [0.15, 0.2) is 48.6 Å². The smallest absolute Gasteiger partial charge is 0.306 e. The molecule has 0 spiro atoms. The van der Waals surface area contributed by atoms with Crippen LogP contribution in [0.2, 0.25) is 0 Å². The summed E-state index contributed by atoms with van der Waals surface area (Å²) in [4.78, 5) is 38.1. The Kier molecular flexibility index (Phi) is 53.8. The highest BCUT2D eigenvalue weighted by Crippen LogP contribution is 2.16. The van der Waals surface area contributed by atoms with Gasteiger partial charge in [0.25, 0.3) is 0 Å².